The first-order valence-electron chi connectivity index (χ1n) is 16.5. The molecule has 4 aromatic rings. The Balaban J connectivity index is 1.18. The third-order valence-corrected chi connectivity index (χ3v) is 12.9. The van der Waals surface area contributed by atoms with Crippen LogP contribution in [0.1, 0.15) is 42.1 Å². The molecule has 48 heavy (non-hydrogen) atoms. The Morgan fingerprint density at radius 1 is 1.04 bits per heavy atom. The molecule has 12 heteroatoms. The molecule has 2 N–H and O–H groups in total. The fraction of sp³-hybridized carbons (Fsp3) is 0.389. The number of para-hydroxylation sites is 1. The van der Waals surface area contributed by atoms with Crippen LogP contribution in [0.15, 0.2) is 72.9 Å². The van der Waals surface area contributed by atoms with Gasteiger partial charge in [-0.3, -0.25) is 19.2 Å². The summed E-state index contributed by atoms with van der Waals surface area (Å²) < 4.78 is 8.64. The smallest absolute Gasteiger partial charge is 0.264 e. The molecule has 1 aromatic heterocycles. The first-order valence-corrected chi connectivity index (χ1v) is 19.9. The SMILES string of the molecule is C[C@@H]1[C@@H]([Si](C)(C)O)[C@H](CCn2cc(CCO)nn2)O[C@@]12C(=O)N(Cc1ccc(N3C(=O)CCc4ccccc43)cc1)c1ccc(Cl)cc12. The van der Waals surface area contributed by atoms with E-state index in [4.69, 9.17) is 16.3 Å². The number of hydrogen-bond acceptors (Lipinski definition) is 7. The highest BCUT2D eigenvalue weighted by Crippen LogP contribution is 2.60. The Labute approximate surface area is 286 Å². The summed E-state index contributed by atoms with van der Waals surface area (Å²) in [5.74, 6) is -0.435. The van der Waals surface area contributed by atoms with Crippen LogP contribution in [0.5, 0.6) is 0 Å². The summed E-state index contributed by atoms with van der Waals surface area (Å²) in [6.07, 6.45) is 3.55. The van der Waals surface area contributed by atoms with Crippen LogP contribution in [-0.4, -0.2) is 57.7 Å². The van der Waals surface area contributed by atoms with Crippen molar-refractivity contribution in [2.75, 3.05) is 16.4 Å². The Morgan fingerprint density at radius 3 is 2.56 bits per heavy atom. The van der Waals surface area contributed by atoms with Crippen LogP contribution < -0.4 is 9.80 Å². The molecule has 3 aromatic carbocycles. The van der Waals surface area contributed by atoms with Gasteiger partial charge in [0.15, 0.2) is 13.9 Å². The summed E-state index contributed by atoms with van der Waals surface area (Å²) in [4.78, 5) is 42.9. The number of anilines is 3. The number of aryl methyl sites for hydroxylation is 2. The minimum absolute atomic E-state index is 0.00574. The van der Waals surface area contributed by atoms with E-state index in [-0.39, 0.29) is 29.9 Å². The van der Waals surface area contributed by atoms with Crippen LogP contribution in [0, 0.1) is 5.92 Å². The topological polar surface area (TPSA) is 121 Å². The number of nitrogens with zero attached hydrogens (tertiary/aromatic N) is 5. The molecule has 250 valence electrons. The number of hydrogen-bond donors (Lipinski definition) is 2. The number of halogens is 1. The van der Waals surface area contributed by atoms with E-state index in [1.807, 2.05) is 80.8 Å². The van der Waals surface area contributed by atoms with Crippen LogP contribution in [-0.2, 0) is 45.9 Å². The number of aromatic nitrogens is 3. The van der Waals surface area contributed by atoms with Gasteiger partial charge < -0.3 is 19.5 Å². The number of fused-ring (bicyclic) bond motifs is 3. The number of benzene rings is 3. The van der Waals surface area contributed by atoms with E-state index in [0.29, 0.717) is 43.1 Å². The maximum atomic E-state index is 14.8. The monoisotopic (exact) mass is 685 g/mol. The van der Waals surface area contributed by atoms with Crippen molar-refractivity contribution in [1.29, 1.82) is 0 Å². The molecule has 10 nitrogen and oxygen atoms in total. The summed E-state index contributed by atoms with van der Waals surface area (Å²) in [7, 11) is -2.84. The second-order valence-electron chi connectivity index (χ2n) is 13.7. The number of carbonyl (C=O) groups excluding carboxylic acids is 2. The Bertz CT molecular complexity index is 1860. The van der Waals surface area contributed by atoms with E-state index in [0.717, 1.165) is 40.2 Å². The average Bonchev–Trinajstić information content (AvgIpc) is 3.70. The normalized spacial score (nSPS) is 23.7. The van der Waals surface area contributed by atoms with Crippen LogP contribution in [0.2, 0.25) is 23.7 Å². The van der Waals surface area contributed by atoms with Crippen molar-refractivity contribution in [3.05, 3.63) is 100 Å². The molecule has 0 radical (unpaired) electrons. The molecule has 0 unspecified atom stereocenters. The predicted molar refractivity (Wildman–Crippen MR) is 186 cm³/mol. The summed E-state index contributed by atoms with van der Waals surface area (Å²) >= 11 is 6.56. The lowest BCUT2D eigenvalue weighted by atomic mass is 9.82. The third kappa shape index (κ3) is 5.57. The zero-order valence-electron chi connectivity index (χ0n) is 27.3. The molecule has 4 atom stereocenters. The molecule has 2 amide bonds. The summed E-state index contributed by atoms with van der Waals surface area (Å²) in [5.41, 5.74) is 4.36. The van der Waals surface area contributed by atoms with Crippen LogP contribution >= 0.6 is 11.6 Å². The van der Waals surface area contributed by atoms with Crippen molar-refractivity contribution in [2.24, 2.45) is 5.92 Å². The van der Waals surface area contributed by atoms with E-state index in [2.05, 4.69) is 16.4 Å². The molecule has 1 spiro atoms. The maximum absolute atomic E-state index is 14.8. The second kappa shape index (κ2) is 12.5. The van der Waals surface area contributed by atoms with Crippen LogP contribution in [0.25, 0.3) is 0 Å². The van der Waals surface area contributed by atoms with Crippen molar-refractivity contribution in [3.63, 3.8) is 0 Å². The molecule has 4 heterocycles. The Hall–Kier alpha value is -3.87. The Morgan fingerprint density at radius 2 is 1.81 bits per heavy atom. The van der Waals surface area contributed by atoms with E-state index in [1.165, 1.54) is 0 Å². The number of amides is 2. The number of aliphatic hydroxyl groups is 1. The van der Waals surface area contributed by atoms with Crippen molar-refractivity contribution in [3.8, 4) is 0 Å². The van der Waals surface area contributed by atoms with Gasteiger partial charge >= 0.3 is 0 Å². The van der Waals surface area contributed by atoms with Gasteiger partial charge in [-0.1, -0.05) is 54.1 Å². The van der Waals surface area contributed by atoms with Gasteiger partial charge in [0, 0.05) is 59.9 Å². The lowest BCUT2D eigenvalue weighted by Gasteiger charge is -2.32. The van der Waals surface area contributed by atoms with Gasteiger partial charge in [-0.2, -0.15) is 0 Å². The van der Waals surface area contributed by atoms with E-state index < -0.39 is 20.0 Å². The number of rotatable bonds is 9. The quantitative estimate of drug-likeness (QED) is 0.223. The standard InChI is InChI=1S/C36H40ClN5O5Si/c1-23-34(48(2,3)46)32(16-18-40-22-27(17-19-43)38-39-40)47-36(23)29-20-26(37)11-14-31(29)41(35(36)45)21-24-8-12-28(13-9-24)42-30-7-5-4-6-25(30)10-15-33(42)44/h4-9,11-14,20,22-23,32,34,43,46H,10,15-19,21H2,1-3H3/t23-,32+,34-,36+/m1/s1. The van der Waals surface area contributed by atoms with E-state index in [1.54, 1.807) is 20.5 Å². The van der Waals surface area contributed by atoms with Gasteiger partial charge in [0.1, 0.15) is 0 Å². The van der Waals surface area contributed by atoms with Crippen molar-refractivity contribution in [1.82, 2.24) is 15.0 Å². The molecule has 1 fully saturated rings. The third-order valence-electron chi connectivity index (χ3n) is 10.2. The fourth-order valence-corrected chi connectivity index (χ4v) is 10.8. The van der Waals surface area contributed by atoms with Crippen LogP contribution in [0.4, 0.5) is 17.1 Å². The molecule has 0 saturated carbocycles. The Kier molecular flexibility index (Phi) is 8.53. The molecular formula is C36H40ClN5O5Si. The zero-order chi connectivity index (χ0) is 33.8. The predicted octanol–water partition coefficient (Wildman–Crippen LogP) is 5.51. The van der Waals surface area contributed by atoms with Crippen molar-refractivity contribution in [2.45, 2.75) is 76.0 Å². The minimum atomic E-state index is -2.84. The zero-order valence-corrected chi connectivity index (χ0v) is 29.1. The molecule has 0 bridgehead atoms. The molecular weight excluding hydrogens is 646 g/mol. The first kappa shape index (κ1) is 32.7. The first-order chi connectivity index (χ1) is 23.0. The van der Waals surface area contributed by atoms with Gasteiger partial charge in [-0.15, -0.1) is 5.10 Å². The molecule has 3 aliphatic rings. The van der Waals surface area contributed by atoms with E-state index >= 15 is 0 Å². The minimum Gasteiger partial charge on any atom is -0.432 e. The van der Waals surface area contributed by atoms with Crippen molar-refractivity contribution < 1.29 is 24.2 Å². The summed E-state index contributed by atoms with van der Waals surface area (Å²) in [5, 5.41) is 18.1. The summed E-state index contributed by atoms with van der Waals surface area (Å²) in [6.45, 7) is 6.61. The molecule has 0 aliphatic carbocycles. The van der Waals surface area contributed by atoms with Gasteiger partial charge in [0.25, 0.3) is 5.91 Å². The molecule has 3 aliphatic heterocycles. The van der Waals surface area contributed by atoms with E-state index in [9.17, 15) is 19.5 Å². The van der Waals surface area contributed by atoms with Gasteiger partial charge in [-0.05, 0) is 73.5 Å². The van der Waals surface area contributed by atoms with Crippen LogP contribution in [0.3, 0.4) is 0 Å². The largest absolute Gasteiger partial charge is 0.432 e. The van der Waals surface area contributed by atoms with Gasteiger partial charge in [-0.25, -0.2) is 0 Å². The summed E-state index contributed by atoms with van der Waals surface area (Å²) in [6, 6.07) is 21.3. The highest BCUT2D eigenvalue weighted by molar-refractivity contribution is 6.71. The number of carbonyl (C=O) groups is 2. The average molecular weight is 686 g/mol. The second-order valence-corrected chi connectivity index (χ2v) is 18.1. The number of aliphatic hydroxyl groups excluding tert-OH is 1. The lowest BCUT2D eigenvalue weighted by Crippen LogP contribution is -2.46. The highest BCUT2D eigenvalue weighted by atomic mass is 35.5. The van der Waals surface area contributed by atoms with Gasteiger partial charge in [0.2, 0.25) is 5.91 Å². The lowest BCUT2D eigenvalue weighted by molar-refractivity contribution is -0.146. The maximum Gasteiger partial charge on any atom is 0.264 e. The fourth-order valence-electron chi connectivity index (χ4n) is 8.06. The highest BCUT2D eigenvalue weighted by Gasteiger charge is 2.66. The molecule has 7 rings (SSSR count). The van der Waals surface area contributed by atoms with Gasteiger partial charge in [0.05, 0.1) is 29.7 Å². The number of ether oxygens (including phenoxy) is 1. The van der Waals surface area contributed by atoms with Crippen molar-refractivity contribution >= 4 is 48.8 Å². The molecule has 1 saturated heterocycles.